The fourth-order valence-corrected chi connectivity index (χ4v) is 5.15. The number of hydrogen-bond donors (Lipinski definition) is 0. The zero-order chi connectivity index (χ0) is 11.6. The third kappa shape index (κ3) is 6.58. The minimum absolute atomic E-state index is 0.850. The van der Waals surface area contributed by atoms with Crippen molar-refractivity contribution in [2.24, 2.45) is 0 Å². The van der Waals surface area contributed by atoms with Gasteiger partial charge in [-0.1, -0.05) is 26.2 Å². The van der Waals surface area contributed by atoms with Gasteiger partial charge in [0.2, 0.25) is 0 Å². The van der Waals surface area contributed by atoms with Gasteiger partial charge in [-0.25, -0.2) is 0 Å². The molecule has 0 amide bonds. The summed E-state index contributed by atoms with van der Waals surface area (Å²) in [6, 6.07) is 0. The molecule has 92 valence electrons. The van der Waals surface area contributed by atoms with E-state index >= 15 is 0 Å². The maximum atomic E-state index is 5.34. The summed E-state index contributed by atoms with van der Waals surface area (Å²) in [6.07, 6.45) is 5.23. The second kappa shape index (κ2) is 9.66. The predicted octanol–water partition coefficient (Wildman–Crippen LogP) is 2.72. The summed E-state index contributed by atoms with van der Waals surface area (Å²) in [6.45, 7) is 2.23. The normalized spacial score (nSPS) is 12.0. The summed E-state index contributed by atoms with van der Waals surface area (Å²) in [4.78, 5) is 0. The van der Waals surface area contributed by atoms with E-state index in [0.29, 0.717) is 0 Å². The van der Waals surface area contributed by atoms with Crippen molar-refractivity contribution in [1.82, 2.24) is 0 Å². The van der Waals surface area contributed by atoms with Crippen LogP contribution in [0, 0.1) is 0 Å². The minimum Gasteiger partial charge on any atom is -0.376 e. The molecular formula is C10H24O3SSi. The van der Waals surface area contributed by atoms with Gasteiger partial charge in [0, 0.05) is 21.3 Å². The lowest BCUT2D eigenvalue weighted by Gasteiger charge is -2.23. The van der Waals surface area contributed by atoms with Crippen LogP contribution in [0.3, 0.4) is 0 Å². The summed E-state index contributed by atoms with van der Waals surface area (Å²) in [5, 5.41) is 0.850. The van der Waals surface area contributed by atoms with E-state index in [2.05, 4.69) is 6.92 Å². The number of rotatable bonds is 10. The van der Waals surface area contributed by atoms with Crippen LogP contribution >= 0.6 is 11.8 Å². The highest BCUT2D eigenvalue weighted by Gasteiger charge is 2.37. The van der Waals surface area contributed by atoms with Crippen LogP contribution in [0.5, 0.6) is 0 Å². The van der Waals surface area contributed by atoms with Gasteiger partial charge in [-0.3, -0.25) is 0 Å². The molecule has 0 aromatic heterocycles. The van der Waals surface area contributed by atoms with E-state index in [1.165, 1.54) is 31.4 Å². The zero-order valence-corrected chi connectivity index (χ0v) is 12.2. The first kappa shape index (κ1) is 15.4. The van der Waals surface area contributed by atoms with Crippen LogP contribution in [-0.4, -0.2) is 41.3 Å². The Hall–Kier alpha value is 0.447. The number of unbranched alkanes of at least 4 members (excludes halogenated alkanes) is 3. The lowest BCUT2D eigenvalue weighted by molar-refractivity contribution is 0.130. The van der Waals surface area contributed by atoms with Crippen LogP contribution < -0.4 is 0 Å². The van der Waals surface area contributed by atoms with Crippen molar-refractivity contribution in [3.8, 4) is 0 Å². The molecule has 0 radical (unpaired) electrons. The fourth-order valence-electron chi connectivity index (χ4n) is 1.25. The second-order valence-electron chi connectivity index (χ2n) is 3.41. The van der Waals surface area contributed by atoms with Crippen LogP contribution in [0.15, 0.2) is 0 Å². The van der Waals surface area contributed by atoms with Gasteiger partial charge in [0.25, 0.3) is 0 Å². The lowest BCUT2D eigenvalue weighted by atomic mass is 10.2. The van der Waals surface area contributed by atoms with Crippen molar-refractivity contribution in [1.29, 1.82) is 0 Å². The third-order valence-corrected chi connectivity index (χ3v) is 7.03. The van der Waals surface area contributed by atoms with Crippen LogP contribution in [0.4, 0.5) is 0 Å². The van der Waals surface area contributed by atoms with Gasteiger partial charge in [0.15, 0.2) is 0 Å². The molecule has 15 heavy (non-hydrogen) atoms. The lowest BCUT2D eigenvalue weighted by Crippen LogP contribution is -2.46. The highest BCUT2D eigenvalue weighted by atomic mass is 32.2. The first-order chi connectivity index (χ1) is 7.24. The number of hydrogen-bond acceptors (Lipinski definition) is 4. The SMILES string of the molecule is CCCCCCSC[Si](OC)(OC)OC. The Morgan fingerprint density at radius 2 is 1.53 bits per heavy atom. The Bertz CT molecular complexity index is 134. The molecule has 0 aromatic rings. The first-order valence-electron chi connectivity index (χ1n) is 5.48. The smallest absolute Gasteiger partial charge is 0.376 e. The van der Waals surface area contributed by atoms with Crippen LogP contribution in [0.1, 0.15) is 32.6 Å². The molecule has 0 aliphatic rings. The molecule has 5 heteroatoms. The molecule has 0 rings (SSSR count). The molecule has 0 saturated carbocycles. The maximum Gasteiger partial charge on any atom is 0.510 e. The monoisotopic (exact) mass is 252 g/mol. The summed E-state index contributed by atoms with van der Waals surface area (Å²) in [7, 11) is 2.67. The van der Waals surface area contributed by atoms with Crippen molar-refractivity contribution >= 4 is 20.6 Å². The van der Waals surface area contributed by atoms with E-state index in [-0.39, 0.29) is 0 Å². The summed E-state index contributed by atoms with van der Waals surface area (Å²) < 4.78 is 16.0. The third-order valence-electron chi connectivity index (χ3n) is 2.35. The molecule has 0 fully saturated rings. The summed E-state index contributed by atoms with van der Waals surface area (Å²) >= 11 is 1.87. The van der Waals surface area contributed by atoms with Crippen molar-refractivity contribution in [2.45, 2.75) is 32.6 Å². The fraction of sp³-hybridized carbons (Fsp3) is 1.00. The Kier molecular flexibility index (Phi) is 9.94. The molecule has 0 aromatic carbocycles. The second-order valence-corrected chi connectivity index (χ2v) is 7.97. The van der Waals surface area contributed by atoms with Crippen LogP contribution in [0.2, 0.25) is 0 Å². The van der Waals surface area contributed by atoms with Crippen molar-refractivity contribution in [3.63, 3.8) is 0 Å². The molecule has 0 unspecified atom stereocenters. The van der Waals surface area contributed by atoms with Crippen molar-refractivity contribution in [3.05, 3.63) is 0 Å². The summed E-state index contributed by atoms with van der Waals surface area (Å²) in [5.41, 5.74) is 0. The van der Waals surface area contributed by atoms with Gasteiger partial charge >= 0.3 is 8.80 Å². The van der Waals surface area contributed by atoms with Gasteiger partial charge in [-0.2, -0.15) is 11.8 Å². The maximum absolute atomic E-state index is 5.34. The molecule has 0 aliphatic heterocycles. The average Bonchev–Trinajstić information content (AvgIpc) is 2.29. The largest absolute Gasteiger partial charge is 0.510 e. The predicted molar refractivity (Wildman–Crippen MR) is 68.2 cm³/mol. The Balaban J connectivity index is 3.54. The molecule has 0 N–H and O–H groups in total. The Labute approximate surface area is 99.2 Å². The molecule has 0 saturated heterocycles. The molecule has 0 spiro atoms. The molecule has 0 aliphatic carbocycles. The average molecular weight is 252 g/mol. The zero-order valence-electron chi connectivity index (χ0n) is 10.4. The van der Waals surface area contributed by atoms with E-state index in [1.54, 1.807) is 21.3 Å². The minimum atomic E-state index is -2.32. The highest BCUT2D eigenvalue weighted by Crippen LogP contribution is 2.16. The van der Waals surface area contributed by atoms with E-state index in [9.17, 15) is 0 Å². The van der Waals surface area contributed by atoms with Gasteiger partial charge in [0.1, 0.15) is 0 Å². The molecular weight excluding hydrogens is 228 g/mol. The van der Waals surface area contributed by atoms with Crippen molar-refractivity contribution < 1.29 is 13.3 Å². The molecule has 0 atom stereocenters. The molecule has 0 bridgehead atoms. The van der Waals surface area contributed by atoms with Crippen LogP contribution in [0.25, 0.3) is 0 Å². The molecule has 3 nitrogen and oxygen atoms in total. The molecule has 0 heterocycles. The quantitative estimate of drug-likeness (QED) is 0.441. The highest BCUT2D eigenvalue weighted by molar-refractivity contribution is 8.00. The van der Waals surface area contributed by atoms with E-state index in [4.69, 9.17) is 13.3 Å². The standard InChI is InChI=1S/C10H24O3SSi/c1-5-6-7-8-9-14-10-15(11-2,12-3)13-4/h5-10H2,1-4H3. The summed E-state index contributed by atoms with van der Waals surface area (Å²) in [5.74, 6) is 1.17. The van der Waals surface area contributed by atoms with E-state index in [1.807, 2.05) is 11.8 Å². The Morgan fingerprint density at radius 3 is 2.00 bits per heavy atom. The van der Waals surface area contributed by atoms with Gasteiger partial charge in [-0.05, 0) is 12.2 Å². The van der Waals surface area contributed by atoms with E-state index < -0.39 is 8.80 Å². The van der Waals surface area contributed by atoms with E-state index in [0.717, 1.165) is 5.38 Å². The number of thioether (sulfide) groups is 1. The van der Waals surface area contributed by atoms with Gasteiger partial charge in [-0.15, -0.1) is 0 Å². The van der Waals surface area contributed by atoms with Gasteiger partial charge in [0.05, 0.1) is 5.38 Å². The topological polar surface area (TPSA) is 27.7 Å². The first-order valence-corrected chi connectivity index (χ1v) is 8.56. The van der Waals surface area contributed by atoms with Gasteiger partial charge < -0.3 is 13.3 Å². The Morgan fingerprint density at radius 1 is 0.933 bits per heavy atom. The van der Waals surface area contributed by atoms with Crippen molar-refractivity contribution in [2.75, 3.05) is 32.5 Å². The van der Waals surface area contributed by atoms with Crippen LogP contribution in [-0.2, 0) is 13.3 Å².